The maximum atomic E-state index is 3.65. The normalized spacial score (nSPS) is 11.1. The van der Waals surface area contributed by atoms with Gasteiger partial charge < -0.3 is 0 Å². The molecule has 4 radical (unpaired) electrons. The molecule has 0 aliphatic rings. The molecule has 0 nitrogen and oxygen atoms in total. The molecule has 0 N–H and O–H groups in total. The first-order valence-corrected chi connectivity index (χ1v) is 8.86. The average Bonchev–Trinajstić information content (AvgIpc) is 2.47. The summed E-state index contributed by atoms with van der Waals surface area (Å²) in [5, 5.41) is 0. The Hall–Kier alpha value is -0.780. The van der Waals surface area contributed by atoms with Gasteiger partial charge in [-0.3, -0.25) is 0 Å². The van der Waals surface area contributed by atoms with Crippen LogP contribution >= 0.6 is 0 Å². The van der Waals surface area contributed by atoms with Crippen LogP contribution in [0.5, 0.6) is 0 Å². The van der Waals surface area contributed by atoms with Crippen LogP contribution in [-0.2, 0) is 0 Å². The quantitative estimate of drug-likeness (QED) is 0.217. The molecule has 0 saturated carbocycles. The second-order valence-corrected chi connectivity index (χ2v) is 5.73. The SMILES string of the molecule is C=CC=CC=CCCCCCCCCCCCCCC.[C]. The molecular weight excluding hydrogens is 252 g/mol. The van der Waals surface area contributed by atoms with Gasteiger partial charge in [-0.25, -0.2) is 0 Å². The fraction of sp³-hybridized carbons (Fsp3) is 0.667. The lowest BCUT2D eigenvalue weighted by atomic mass is 10.0. The van der Waals surface area contributed by atoms with Gasteiger partial charge in [-0.2, -0.15) is 0 Å². The molecule has 0 aliphatic carbocycles. The van der Waals surface area contributed by atoms with Crippen LogP contribution in [0.15, 0.2) is 37.0 Å². The molecule has 0 aliphatic heterocycles. The van der Waals surface area contributed by atoms with Crippen LogP contribution in [0.1, 0.15) is 90.4 Å². The lowest BCUT2D eigenvalue weighted by Gasteiger charge is -2.02. The van der Waals surface area contributed by atoms with E-state index in [1.165, 1.54) is 83.5 Å². The summed E-state index contributed by atoms with van der Waals surface area (Å²) >= 11 is 0. The predicted octanol–water partition coefficient (Wildman–Crippen LogP) is 7.46. The molecule has 0 aromatic heterocycles. The van der Waals surface area contributed by atoms with E-state index in [0.717, 1.165) is 0 Å². The van der Waals surface area contributed by atoms with Gasteiger partial charge in [0.2, 0.25) is 0 Å². The molecule has 120 valence electrons. The minimum absolute atomic E-state index is 0. The van der Waals surface area contributed by atoms with E-state index in [1.54, 1.807) is 0 Å². The molecule has 0 heterocycles. The smallest absolute Gasteiger partial charge is 0 e. The molecule has 0 fully saturated rings. The second-order valence-electron chi connectivity index (χ2n) is 5.73. The Kier molecular flexibility index (Phi) is 23.1. The van der Waals surface area contributed by atoms with Crippen LogP contribution in [0.4, 0.5) is 0 Å². The molecule has 0 spiro atoms. The van der Waals surface area contributed by atoms with Gasteiger partial charge >= 0.3 is 0 Å². The maximum absolute atomic E-state index is 3.65. The predicted molar refractivity (Wildman–Crippen MR) is 97.4 cm³/mol. The van der Waals surface area contributed by atoms with E-state index in [9.17, 15) is 0 Å². The van der Waals surface area contributed by atoms with E-state index >= 15 is 0 Å². The molecule has 0 bridgehead atoms. The first-order chi connectivity index (χ1) is 9.91. The second kappa shape index (κ2) is 21.5. The zero-order valence-electron chi connectivity index (χ0n) is 14.3. The van der Waals surface area contributed by atoms with Crippen molar-refractivity contribution in [1.29, 1.82) is 0 Å². The van der Waals surface area contributed by atoms with Crippen molar-refractivity contribution < 1.29 is 0 Å². The number of unbranched alkanes of at least 4 members (excludes halogenated alkanes) is 12. The van der Waals surface area contributed by atoms with Gasteiger partial charge in [-0.1, -0.05) is 115 Å². The summed E-state index contributed by atoms with van der Waals surface area (Å²) in [4.78, 5) is 0. The minimum atomic E-state index is 0. The van der Waals surface area contributed by atoms with Gasteiger partial charge in [0.05, 0.1) is 0 Å². The largest absolute Gasteiger partial charge is 0.0991 e. The molecule has 0 heteroatoms. The van der Waals surface area contributed by atoms with Crippen molar-refractivity contribution in [2.75, 3.05) is 0 Å². The third-order valence-corrected chi connectivity index (χ3v) is 3.72. The Morgan fingerprint density at radius 3 is 1.57 bits per heavy atom. The van der Waals surface area contributed by atoms with E-state index in [0.29, 0.717) is 0 Å². The molecule has 0 aromatic carbocycles. The van der Waals surface area contributed by atoms with Crippen molar-refractivity contribution in [3.8, 4) is 0 Å². The van der Waals surface area contributed by atoms with Crippen LogP contribution < -0.4 is 0 Å². The lowest BCUT2D eigenvalue weighted by molar-refractivity contribution is 0.545. The maximum Gasteiger partial charge on any atom is 0 e. The molecule has 0 aromatic rings. The highest BCUT2D eigenvalue weighted by atomic mass is 14.0. The summed E-state index contributed by atoms with van der Waals surface area (Å²) in [7, 11) is 0. The van der Waals surface area contributed by atoms with Crippen molar-refractivity contribution in [1.82, 2.24) is 0 Å². The van der Waals surface area contributed by atoms with Crippen LogP contribution in [0.3, 0.4) is 0 Å². The molecular formula is C21H36. The van der Waals surface area contributed by atoms with E-state index in [-0.39, 0.29) is 7.43 Å². The fourth-order valence-corrected chi connectivity index (χ4v) is 2.42. The average molecular weight is 289 g/mol. The van der Waals surface area contributed by atoms with Crippen LogP contribution in [0.25, 0.3) is 0 Å². The molecule has 0 rings (SSSR count). The fourth-order valence-electron chi connectivity index (χ4n) is 2.42. The van der Waals surface area contributed by atoms with E-state index < -0.39 is 0 Å². The molecule has 0 atom stereocenters. The van der Waals surface area contributed by atoms with Gasteiger partial charge in [-0.15, -0.1) is 0 Å². The highest BCUT2D eigenvalue weighted by Crippen LogP contribution is 2.12. The third kappa shape index (κ3) is 21.7. The van der Waals surface area contributed by atoms with Crippen molar-refractivity contribution in [2.45, 2.75) is 90.4 Å². The van der Waals surface area contributed by atoms with E-state index in [2.05, 4.69) is 25.7 Å². The highest BCUT2D eigenvalue weighted by molar-refractivity contribution is 5.08. The van der Waals surface area contributed by atoms with Crippen molar-refractivity contribution in [3.05, 3.63) is 44.4 Å². The van der Waals surface area contributed by atoms with E-state index in [1.807, 2.05) is 18.2 Å². The van der Waals surface area contributed by atoms with Crippen LogP contribution in [0.2, 0.25) is 0 Å². The zero-order chi connectivity index (χ0) is 14.7. The Bertz CT molecular complexity index is 234. The number of rotatable bonds is 15. The zero-order valence-corrected chi connectivity index (χ0v) is 14.3. The molecule has 21 heavy (non-hydrogen) atoms. The standard InChI is InChI=1S/C20H36.C/c1-3-5-7-9-11-13-15-17-19-20-18-16-14-12-10-8-6-4-2;/h3,5,7,9,11H,1,4,6,8,10,12-20H2,2H3;. The summed E-state index contributed by atoms with van der Waals surface area (Å²) in [5.74, 6) is 0. The van der Waals surface area contributed by atoms with Gasteiger partial charge in [0.25, 0.3) is 0 Å². The first-order valence-electron chi connectivity index (χ1n) is 8.86. The highest BCUT2D eigenvalue weighted by Gasteiger charge is 1.92. The van der Waals surface area contributed by atoms with Gasteiger partial charge in [0, 0.05) is 7.43 Å². The number of allylic oxidation sites excluding steroid dienone is 5. The monoisotopic (exact) mass is 288 g/mol. The summed E-state index contributed by atoms with van der Waals surface area (Å²) in [6.45, 7) is 5.93. The third-order valence-electron chi connectivity index (χ3n) is 3.72. The van der Waals surface area contributed by atoms with Gasteiger partial charge in [-0.05, 0) is 12.8 Å². The summed E-state index contributed by atoms with van der Waals surface area (Å²) in [6, 6.07) is 0. The Morgan fingerprint density at radius 2 is 1.10 bits per heavy atom. The Morgan fingerprint density at radius 1 is 0.619 bits per heavy atom. The van der Waals surface area contributed by atoms with Crippen molar-refractivity contribution in [2.24, 2.45) is 0 Å². The number of hydrogen-bond donors (Lipinski definition) is 0. The lowest BCUT2D eigenvalue weighted by Crippen LogP contribution is -1.82. The minimum Gasteiger partial charge on any atom is -0.0991 e. The topological polar surface area (TPSA) is 0 Å². The van der Waals surface area contributed by atoms with Crippen LogP contribution in [0, 0.1) is 7.43 Å². The van der Waals surface area contributed by atoms with Crippen LogP contribution in [-0.4, -0.2) is 0 Å². The van der Waals surface area contributed by atoms with Crippen molar-refractivity contribution >= 4 is 0 Å². The summed E-state index contributed by atoms with van der Waals surface area (Å²) in [6.07, 6.45) is 28.6. The first kappa shape index (κ1) is 22.5. The van der Waals surface area contributed by atoms with E-state index in [4.69, 9.17) is 0 Å². The Labute approximate surface area is 135 Å². The van der Waals surface area contributed by atoms with Gasteiger partial charge in [0.15, 0.2) is 0 Å². The molecule has 0 saturated heterocycles. The Balaban J connectivity index is 0. The summed E-state index contributed by atoms with van der Waals surface area (Å²) in [5.41, 5.74) is 0. The molecule has 0 amide bonds. The number of hydrogen-bond acceptors (Lipinski definition) is 0. The summed E-state index contributed by atoms with van der Waals surface area (Å²) < 4.78 is 0. The molecule has 0 unspecified atom stereocenters. The van der Waals surface area contributed by atoms with Gasteiger partial charge in [0.1, 0.15) is 0 Å². The van der Waals surface area contributed by atoms with Crippen molar-refractivity contribution in [3.63, 3.8) is 0 Å².